The van der Waals surface area contributed by atoms with Crippen LogP contribution in [0, 0.1) is 0 Å². The highest BCUT2D eigenvalue weighted by atomic mass is 16.2. The van der Waals surface area contributed by atoms with E-state index in [1.54, 1.807) is 12.4 Å². The molecule has 0 spiro atoms. The number of hydrogen-bond donors (Lipinski definition) is 3. The molecule has 104 valence electrons. The second-order valence-corrected chi connectivity index (χ2v) is 4.51. The molecule has 2 amide bonds. The maximum atomic E-state index is 11.8. The normalized spacial score (nSPS) is 10.9. The zero-order chi connectivity index (χ0) is 14.5. The third-order valence-corrected chi connectivity index (χ3v) is 2.99. The van der Waals surface area contributed by atoms with Crippen LogP contribution in [0.3, 0.4) is 0 Å². The molecule has 21 heavy (non-hydrogen) atoms. The van der Waals surface area contributed by atoms with E-state index in [0.717, 1.165) is 16.5 Å². The zero-order valence-electron chi connectivity index (χ0n) is 11.2. The summed E-state index contributed by atoms with van der Waals surface area (Å²) < 4.78 is 0. The van der Waals surface area contributed by atoms with Crippen LogP contribution in [0.5, 0.6) is 0 Å². The number of H-pyrrole nitrogens is 1. The quantitative estimate of drug-likeness (QED) is 0.687. The Morgan fingerprint density at radius 3 is 2.86 bits per heavy atom. The van der Waals surface area contributed by atoms with Gasteiger partial charge in [0.1, 0.15) is 0 Å². The van der Waals surface area contributed by atoms with Crippen LogP contribution < -0.4 is 10.6 Å². The highest BCUT2D eigenvalue weighted by Crippen LogP contribution is 2.16. The first-order valence-electron chi connectivity index (χ1n) is 6.53. The molecule has 3 aromatic rings. The van der Waals surface area contributed by atoms with Gasteiger partial charge in [-0.25, -0.2) is 4.79 Å². The van der Waals surface area contributed by atoms with Crippen LogP contribution >= 0.6 is 0 Å². The van der Waals surface area contributed by atoms with Gasteiger partial charge in [-0.3, -0.25) is 5.10 Å². The number of fused-ring (bicyclic) bond motifs is 1. The number of benzene rings is 2. The molecule has 0 saturated carbocycles. The van der Waals surface area contributed by atoms with E-state index in [9.17, 15) is 4.79 Å². The fourth-order valence-corrected chi connectivity index (χ4v) is 1.96. The molecule has 0 aliphatic carbocycles. The maximum Gasteiger partial charge on any atom is 0.323 e. The van der Waals surface area contributed by atoms with Crippen molar-refractivity contribution in [3.05, 3.63) is 66.5 Å². The molecule has 0 unspecified atom stereocenters. The first-order valence-corrected chi connectivity index (χ1v) is 6.53. The minimum atomic E-state index is -0.291. The van der Waals surface area contributed by atoms with Crippen molar-refractivity contribution < 1.29 is 4.79 Å². The molecule has 0 saturated heterocycles. The molecular formula is C16H14N4O. The van der Waals surface area contributed by atoms with Crippen LogP contribution in [0.15, 0.2) is 60.9 Å². The average Bonchev–Trinajstić information content (AvgIpc) is 2.96. The van der Waals surface area contributed by atoms with Crippen molar-refractivity contribution in [1.29, 1.82) is 0 Å². The van der Waals surface area contributed by atoms with Crippen molar-refractivity contribution in [3.63, 3.8) is 0 Å². The number of urea groups is 1. The van der Waals surface area contributed by atoms with Crippen LogP contribution in [0.2, 0.25) is 0 Å². The molecule has 5 heteroatoms. The van der Waals surface area contributed by atoms with E-state index in [1.165, 1.54) is 0 Å². The fraction of sp³-hybridized carbons (Fsp3) is 0. The molecule has 1 aromatic heterocycles. The Bertz CT molecular complexity index is 777. The van der Waals surface area contributed by atoms with Crippen molar-refractivity contribution in [2.45, 2.75) is 0 Å². The third-order valence-electron chi connectivity index (χ3n) is 2.99. The number of anilines is 1. The number of carbonyl (C=O) groups excluding carboxylic acids is 1. The van der Waals surface area contributed by atoms with Crippen molar-refractivity contribution in [2.75, 3.05) is 5.32 Å². The molecule has 0 aliphatic heterocycles. The summed E-state index contributed by atoms with van der Waals surface area (Å²) in [6.45, 7) is 0. The second kappa shape index (κ2) is 5.92. The summed E-state index contributed by atoms with van der Waals surface area (Å²) in [5, 5.41) is 13.2. The molecule has 0 radical (unpaired) electrons. The summed E-state index contributed by atoms with van der Waals surface area (Å²) in [5.41, 5.74) is 2.61. The Labute approximate surface area is 121 Å². The lowest BCUT2D eigenvalue weighted by atomic mass is 10.2. The maximum absolute atomic E-state index is 11.8. The van der Waals surface area contributed by atoms with Gasteiger partial charge in [0.2, 0.25) is 0 Å². The largest absolute Gasteiger partial charge is 0.323 e. The zero-order valence-corrected chi connectivity index (χ0v) is 11.2. The fourth-order valence-electron chi connectivity index (χ4n) is 1.96. The van der Waals surface area contributed by atoms with Gasteiger partial charge in [-0.05, 0) is 29.8 Å². The molecule has 0 bridgehead atoms. The standard InChI is InChI=1S/C16H14N4O/c21-16(17-9-8-12-4-2-1-3-5-12)19-14-7-6-13-11-18-20-15(13)10-14/h1-11H,(H,18,20)(H2,17,19,21)/b9-8+. The van der Waals surface area contributed by atoms with Gasteiger partial charge >= 0.3 is 6.03 Å². The molecular weight excluding hydrogens is 264 g/mol. The molecule has 0 aliphatic rings. The molecule has 2 aromatic carbocycles. The number of aromatic amines is 1. The van der Waals surface area contributed by atoms with Gasteiger partial charge in [-0.1, -0.05) is 30.3 Å². The van der Waals surface area contributed by atoms with E-state index >= 15 is 0 Å². The van der Waals surface area contributed by atoms with Crippen molar-refractivity contribution in [3.8, 4) is 0 Å². The topological polar surface area (TPSA) is 69.8 Å². The number of hydrogen-bond acceptors (Lipinski definition) is 2. The molecule has 0 atom stereocenters. The van der Waals surface area contributed by atoms with Crippen molar-refractivity contribution >= 4 is 28.7 Å². The lowest BCUT2D eigenvalue weighted by Gasteiger charge is -2.04. The summed E-state index contributed by atoms with van der Waals surface area (Å²) in [6, 6.07) is 15.0. The van der Waals surface area contributed by atoms with Crippen LogP contribution in [-0.2, 0) is 0 Å². The van der Waals surface area contributed by atoms with Gasteiger partial charge in [0.05, 0.1) is 11.7 Å². The lowest BCUT2D eigenvalue weighted by molar-refractivity contribution is 0.255. The Morgan fingerprint density at radius 2 is 2.00 bits per heavy atom. The Kier molecular flexibility index (Phi) is 3.64. The smallest absolute Gasteiger partial charge is 0.314 e. The summed E-state index contributed by atoms with van der Waals surface area (Å²) in [5.74, 6) is 0. The van der Waals surface area contributed by atoms with E-state index in [-0.39, 0.29) is 6.03 Å². The number of carbonyl (C=O) groups is 1. The van der Waals surface area contributed by atoms with Gasteiger partial charge in [0.15, 0.2) is 0 Å². The van der Waals surface area contributed by atoms with Crippen LogP contribution in [0.1, 0.15) is 5.56 Å². The molecule has 1 heterocycles. The highest BCUT2D eigenvalue weighted by Gasteiger charge is 2.01. The Balaban J connectivity index is 1.60. The highest BCUT2D eigenvalue weighted by molar-refractivity contribution is 5.93. The van der Waals surface area contributed by atoms with Gasteiger partial charge in [-0.2, -0.15) is 5.10 Å². The predicted octanol–water partition coefficient (Wildman–Crippen LogP) is 3.36. The van der Waals surface area contributed by atoms with E-state index < -0.39 is 0 Å². The number of nitrogens with one attached hydrogen (secondary N) is 3. The van der Waals surface area contributed by atoms with Crippen molar-refractivity contribution in [2.24, 2.45) is 0 Å². The van der Waals surface area contributed by atoms with E-state index in [2.05, 4.69) is 20.8 Å². The molecule has 0 fully saturated rings. The monoisotopic (exact) mass is 278 g/mol. The van der Waals surface area contributed by atoms with Gasteiger partial charge in [0, 0.05) is 17.3 Å². The Hall–Kier alpha value is -3.08. The molecule has 5 nitrogen and oxygen atoms in total. The second-order valence-electron chi connectivity index (χ2n) is 4.51. The minimum absolute atomic E-state index is 0.291. The lowest BCUT2D eigenvalue weighted by Crippen LogP contribution is -2.23. The number of rotatable bonds is 3. The van der Waals surface area contributed by atoms with Crippen LogP contribution in [0.4, 0.5) is 10.5 Å². The summed E-state index contributed by atoms with van der Waals surface area (Å²) in [7, 11) is 0. The van der Waals surface area contributed by atoms with Crippen LogP contribution in [0.25, 0.3) is 17.0 Å². The van der Waals surface area contributed by atoms with Crippen LogP contribution in [-0.4, -0.2) is 16.2 Å². The van der Waals surface area contributed by atoms with E-state index in [1.807, 2.05) is 54.6 Å². The first kappa shape index (κ1) is 12.9. The van der Waals surface area contributed by atoms with Gasteiger partial charge in [0.25, 0.3) is 0 Å². The third kappa shape index (κ3) is 3.27. The number of nitrogens with zero attached hydrogens (tertiary/aromatic N) is 1. The van der Waals surface area contributed by atoms with Gasteiger partial charge < -0.3 is 10.6 Å². The first-order chi connectivity index (χ1) is 10.3. The SMILES string of the molecule is O=C(N/C=C/c1ccccc1)Nc1ccc2cn[nH]c2c1. The number of aromatic nitrogens is 2. The number of amides is 2. The summed E-state index contributed by atoms with van der Waals surface area (Å²) in [4.78, 5) is 11.8. The predicted molar refractivity (Wildman–Crippen MR) is 83.7 cm³/mol. The molecule has 3 N–H and O–H groups in total. The molecule has 3 rings (SSSR count). The summed E-state index contributed by atoms with van der Waals surface area (Å²) in [6.07, 6.45) is 5.18. The van der Waals surface area contributed by atoms with Crippen molar-refractivity contribution in [1.82, 2.24) is 15.5 Å². The van der Waals surface area contributed by atoms with E-state index in [0.29, 0.717) is 5.69 Å². The van der Waals surface area contributed by atoms with E-state index in [4.69, 9.17) is 0 Å². The Morgan fingerprint density at radius 1 is 1.14 bits per heavy atom. The van der Waals surface area contributed by atoms with Gasteiger partial charge in [-0.15, -0.1) is 0 Å². The minimum Gasteiger partial charge on any atom is -0.314 e. The summed E-state index contributed by atoms with van der Waals surface area (Å²) >= 11 is 0. The average molecular weight is 278 g/mol.